The van der Waals surface area contributed by atoms with E-state index in [0.29, 0.717) is 54.0 Å². The van der Waals surface area contributed by atoms with Crippen molar-refractivity contribution in [1.29, 1.82) is 0 Å². The van der Waals surface area contributed by atoms with Crippen LogP contribution < -0.4 is 10.2 Å². The van der Waals surface area contributed by atoms with Crippen LogP contribution >= 0.6 is 23.1 Å². The van der Waals surface area contributed by atoms with Crippen molar-refractivity contribution in [2.75, 3.05) is 43.4 Å². The van der Waals surface area contributed by atoms with Crippen molar-refractivity contribution in [3.05, 3.63) is 59.5 Å². The molecule has 2 aliphatic heterocycles. The molecule has 1 saturated heterocycles. The van der Waals surface area contributed by atoms with Crippen LogP contribution in [0.4, 0.5) is 5.13 Å². The molecule has 0 radical (unpaired) electrons. The van der Waals surface area contributed by atoms with Gasteiger partial charge in [0.1, 0.15) is 12.3 Å². The quantitative estimate of drug-likeness (QED) is 0.343. The van der Waals surface area contributed by atoms with Crippen LogP contribution in [0.3, 0.4) is 0 Å². The molecular weight excluding hydrogens is 504 g/mol. The maximum Gasteiger partial charge on any atom is 0.262 e. The van der Waals surface area contributed by atoms with Crippen molar-refractivity contribution in [2.24, 2.45) is 0 Å². The Balaban J connectivity index is 1.07. The number of amides is 4. The Bertz CT molecular complexity index is 1250. The summed E-state index contributed by atoms with van der Waals surface area (Å²) < 4.78 is 5.87. The van der Waals surface area contributed by atoms with E-state index < -0.39 is 11.8 Å². The topological polar surface area (TPSA) is 129 Å². The maximum absolute atomic E-state index is 12.8. The second-order valence-corrected chi connectivity index (χ2v) is 10.3. The minimum atomic E-state index is -0.434. The molecule has 0 aliphatic carbocycles. The summed E-state index contributed by atoms with van der Waals surface area (Å²) in [6.07, 6.45) is 1.56. The van der Waals surface area contributed by atoms with Crippen molar-refractivity contribution in [3.8, 4) is 0 Å². The van der Waals surface area contributed by atoms with Crippen molar-refractivity contribution >= 4 is 51.9 Å². The summed E-state index contributed by atoms with van der Waals surface area (Å²) in [5.74, 6) is -0.355. The fraction of sp³-hybridized carbons (Fsp3) is 0.304. The predicted octanol–water partition coefficient (Wildman–Crippen LogP) is 1.48. The summed E-state index contributed by atoms with van der Waals surface area (Å²) in [5.41, 5.74) is 0.667. The number of nitrogens with zero attached hydrogens (tertiary/aromatic N) is 5. The third-order valence-electron chi connectivity index (χ3n) is 5.84. The Morgan fingerprint density at radius 1 is 1.00 bits per heavy atom. The van der Waals surface area contributed by atoms with Crippen LogP contribution in [-0.2, 0) is 16.1 Å². The molecule has 1 fully saturated rings. The van der Waals surface area contributed by atoms with Gasteiger partial charge in [-0.05, 0) is 24.3 Å². The Kier molecular flexibility index (Phi) is 7.00. The zero-order chi connectivity index (χ0) is 25.1. The number of carbonyl (C=O) groups is 4. The van der Waals surface area contributed by atoms with Crippen molar-refractivity contribution in [3.63, 3.8) is 0 Å². The molecule has 0 bridgehead atoms. The van der Waals surface area contributed by atoms with Crippen LogP contribution in [-0.4, -0.2) is 82.1 Å². The Hall–Kier alpha value is -3.71. The molecule has 4 amide bonds. The smallest absolute Gasteiger partial charge is 0.262 e. The number of imide groups is 1. The van der Waals surface area contributed by atoms with E-state index >= 15 is 0 Å². The Labute approximate surface area is 214 Å². The molecule has 5 rings (SSSR count). The number of anilines is 1. The van der Waals surface area contributed by atoms with Gasteiger partial charge in [-0.15, -0.1) is 10.2 Å². The van der Waals surface area contributed by atoms with Crippen LogP contribution in [0.2, 0.25) is 0 Å². The van der Waals surface area contributed by atoms with E-state index in [1.807, 2.05) is 4.90 Å². The molecule has 3 aromatic rings. The number of thioether (sulfide) groups is 1. The van der Waals surface area contributed by atoms with Crippen LogP contribution in [0.5, 0.6) is 0 Å². The lowest BCUT2D eigenvalue weighted by atomic mass is 10.1. The van der Waals surface area contributed by atoms with E-state index in [0.717, 1.165) is 10.0 Å². The summed E-state index contributed by atoms with van der Waals surface area (Å²) in [4.78, 5) is 54.6. The van der Waals surface area contributed by atoms with Gasteiger partial charge in [-0.1, -0.05) is 35.2 Å². The summed E-state index contributed by atoms with van der Waals surface area (Å²) in [6.45, 7) is 2.06. The van der Waals surface area contributed by atoms with E-state index in [4.69, 9.17) is 4.42 Å². The molecule has 0 saturated carbocycles. The Morgan fingerprint density at radius 2 is 1.72 bits per heavy atom. The molecule has 186 valence electrons. The normalized spacial score (nSPS) is 15.4. The highest BCUT2D eigenvalue weighted by atomic mass is 32.2. The van der Waals surface area contributed by atoms with Crippen LogP contribution in [0.15, 0.2) is 51.4 Å². The molecule has 0 unspecified atom stereocenters. The van der Waals surface area contributed by atoms with Gasteiger partial charge in [0.05, 0.1) is 29.7 Å². The first kappa shape index (κ1) is 24.0. The summed E-state index contributed by atoms with van der Waals surface area (Å²) in [6, 6.07) is 10.2. The second kappa shape index (κ2) is 10.5. The standard InChI is InChI=1S/C23H22N6O5S2/c30-18(24-12-15-4-3-11-34-15)14-35-23-26-25-22(36-23)28-9-7-27(8-10-28)19(31)13-29-20(32)16-5-1-2-6-17(16)21(29)33/h1-6,11H,7-10,12-14H2,(H,24,30). The van der Waals surface area contributed by atoms with Gasteiger partial charge < -0.3 is 19.5 Å². The third-order valence-corrected chi connectivity index (χ3v) is 7.95. The van der Waals surface area contributed by atoms with Gasteiger partial charge in [0, 0.05) is 26.2 Å². The molecule has 0 spiro atoms. The number of benzene rings is 1. The highest BCUT2D eigenvalue weighted by molar-refractivity contribution is 8.01. The number of nitrogens with one attached hydrogen (secondary N) is 1. The van der Waals surface area contributed by atoms with Crippen LogP contribution in [0.1, 0.15) is 26.5 Å². The maximum atomic E-state index is 12.8. The number of piperazine rings is 1. The van der Waals surface area contributed by atoms with Gasteiger partial charge >= 0.3 is 0 Å². The first-order valence-corrected chi connectivity index (χ1v) is 13.0. The number of aromatic nitrogens is 2. The van der Waals surface area contributed by atoms with Gasteiger partial charge in [0.15, 0.2) is 4.34 Å². The molecular formula is C23H22N6O5S2. The van der Waals surface area contributed by atoms with Crippen molar-refractivity contribution in [2.45, 2.75) is 10.9 Å². The monoisotopic (exact) mass is 526 g/mol. The van der Waals surface area contributed by atoms with Gasteiger partial charge in [-0.25, -0.2) is 0 Å². The zero-order valence-electron chi connectivity index (χ0n) is 19.1. The van der Waals surface area contributed by atoms with Crippen LogP contribution in [0, 0.1) is 0 Å². The van der Waals surface area contributed by atoms with E-state index in [9.17, 15) is 19.2 Å². The molecule has 11 nitrogen and oxygen atoms in total. The number of furan rings is 1. The minimum Gasteiger partial charge on any atom is -0.467 e. The van der Waals surface area contributed by atoms with E-state index in [-0.39, 0.29) is 24.1 Å². The van der Waals surface area contributed by atoms with E-state index in [1.165, 1.54) is 23.1 Å². The lowest BCUT2D eigenvalue weighted by Gasteiger charge is -2.34. The third kappa shape index (κ3) is 5.11. The van der Waals surface area contributed by atoms with Gasteiger partial charge in [-0.3, -0.25) is 24.1 Å². The number of carbonyl (C=O) groups excluding carboxylic acids is 4. The summed E-state index contributed by atoms with van der Waals surface area (Å²) in [5, 5.41) is 11.9. The first-order chi connectivity index (χ1) is 17.5. The average molecular weight is 527 g/mol. The molecule has 1 N–H and O–H groups in total. The molecule has 13 heteroatoms. The lowest BCUT2D eigenvalue weighted by Crippen LogP contribution is -2.51. The second-order valence-electron chi connectivity index (χ2n) is 8.11. The number of fused-ring (bicyclic) bond motifs is 1. The van der Waals surface area contributed by atoms with Crippen molar-refractivity contribution in [1.82, 2.24) is 25.3 Å². The summed E-state index contributed by atoms with van der Waals surface area (Å²) in [7, 11) is 0. The zero-order valence-corrected chi connectivity index (χ0v) is 20.7. The number of hydrogen-bond acceptors (Lipinski definition) is 10. The summed E-state index contributed by atoms with van der Waals surface area (Å²) >= 11 is 2.70. The first-order valence-electron chi connectivity index (χ1n) is 11.2. The molecule has 4 heterocycles. The molecule has 36 heavy (non-hydrogen) atoms. The van der Waals surface area contributed by atoms with Gasteiger partial charge in [-0.2, -0.15) is 0 Å². The Morgan fingerprint density at radius 3 is 2.39 bits per heavy atom. The fourth-order valence-electron chi connectivity index (χ4n) is 3.93. The minimum absolute atomic E-state index is 0.127. The van der Waals surface area contributed by atoms with Gasteiger partial charge in [0.2, 0.25) is 16.9 Å². The predicted molar refractivity (Wildman–Crippen MR) is 132 cm³/mol. The SMILES string of the molecule is O=C(CSc1nnc(N2CCN(C(=O)CN3C(=O)c4ccccc4C3=O)CC2)s1)NCc1ccco1. The van der Waals surface area contributed by atoms with Crippen molar-refractivity contribution < 1.29 is 23.6 Å². The molecule has 2 aliphatic rings. The molecule has 1 aromatic carbocycles. The molecule has 2 aromatic heterocycles. The highest BCUT2D eigenvalue weighted by Crippen LogP contribution is 2.29. The largest absolute Gasteiger partial charge is 0.467 e. The average Bonchev–Trinajstić information content (AvgIpc) is 3.65. The highest BCUT2D eigenvalue weighted by Gasteiger charge is 2.37. The van der Waals surface area contributed by atoms with E-state index in [1.54, 1.807) is 47.6 Å². The van der Waals surface area contributed by atoms with Gasteiger partial charge in [0.25, 0.3) is 11.8 Å². The number of hydrogen-bond donors (Lipinski definition) is 1. The molecule has 0 atom stereocenters. The lowest BCUT2D eigenvalue weighted by molar-refractivity contribution is -0.131. The van der Waals surface area contributed by atoms with E-state index in [2.05, 4.69) is 15.5 Å². The number of rotatable bonds is 8. The van der Waals surface area contributed by atoms with Crippen LogP contribution in [0.25, 0.3) is 0 Å². The fourth-order valence-corrected chi connectivity index (χ4v) is 5.65.